The van der Waals surface area contributed by atoms with Crippen LogP contribution >= 0.6 is 0 Å². The van der Waals surface area contributed by atoms with E-state index in [2.05, 4.69) is 0 Å². The van der Waals surface area contributed by atoms with Crippen molar-refractivity contribution in [2.75, 3.05) is 27.3 Å². The van der Waals surface area contributed by atoms with Crippen LogP contribution in [0, 0.1) is 11.7 Å². The second-order valence-corrected chi connectivity index (χ2v) is 8.47. The van der Waals surface area contributed by atoms with E-state index in [-0.39, 0.29) is 42.6 Å². The molecule has 0 spiro atoms. The Balaban J connectivity index is 1.38. The van der Waals surface area contributed by atoms with Gasteiger partial charge in [-0.2, -0.15) is 0 Å². The number of methoxy groups -OCH3 is 2. The first kappa shape index (κ1) is 22.1. The van der Waals surface area contributed by atoms with Gasteiger partial charge in [-0.15, -0.1) is 0 Å². The Bertz CT molecular complexity index is 992. The lowest BCUT2D eigenvalue weighted by Gasteiger charge is -2.26. The van der Waals surface area contributed by atoms with Gasteiger partial charge in [-0.25, -0.2) is 4.39 Å². The molecule has 1 saturated carbocycles. The number of hydrogen-bond donors (Lipinski definition) is 0. The average molecular weight is 441 g/mol. The maximum atomic E-state index is 14.1. The molecule has 1 heterocycles. The first-order chi connectivity index (χ1) is 15.5. The second kappa shape index (κ2) is 9.59. The maximum Gasteiger partial charge on any atom is 0.228 e. The highest BCUT2D eigenvalue weighted by Gasteiger charge is 2.41. The molecule has 2 aliphatic rings. The standard InChI is InChI=1S/C25H29FN2O4/c1-31-22-10-7-17(13-23(22)32-2)11-12-27-15-19(14-24(27)29)25(30)28(20-8-9-20)16-18-5-3-4-6-21(18)26/h3-7,10,13,19-20H,8-9,11-12,14-16H2,1-2H3. The molecule has 7 heteroatoms. The third-order valence-corrected chi connectivity index (χ3v) is 6.25. The molecule has 1 atom stereocenters. The number of benzene rings is 2. The van der Waals surface area contributed by atoms with E-state index in [1.165, 1.54) is 6.07 Å². The molecule has 2 fully saturated rings. The summed E-state index contributed by atoms with van der Waals surface area (Å²) < 4.78 is 24.8. The summed E-state index contributed by atoms with van der Waals surface area (Å²) in [5.41, 5.74) is 1.55. The lowest BCUT2D eigenvalue weighted by atomic mass is 10.1. The number of halogens is 1. The summed E-state index contributed by atoms with van der Waals surface area (Å²) in [6.07, 6.45) is 2.74. The molecule has 1 saturated heterocycles. The number of likely N-dealkylation sites (tertiary alicyclic amines) is 1. The summed E-state index contributed by atoms with van der Waals surface area (Å²) in [4.78, 5) is 29.4. The normalized spacial score (nSPS) is 18.0. The first-order valence-corrected chi connectivity index (χ1v) is 11.0. The van der Waals surface area contributed by atoms with Crippen LogP contribution in [0.2, 0.25) is 0 Å². The maximum absolute atomic E-state index is 14.1. The van der Waals surface area contributed by atoms with Crippen LogP contribution in [0.4, 0.5) is 4.39 Å². The van der Waals surface area contributed by atoms with Crippen molar-refractivity contribution < 1.29 is 23.5 Å². The number of ether oxygens (including phenoxy) is 2. The molecule has 1 aliphatic carbocycles. The third-order valence-electron chi connectivity index (χ3n) is 6.25. The van der Waals surface area contributed by atoms with E-state index in [1.807, 2.05) is 18.2 Å². The molecule has 2 aromatic rings. The predicted octanol–water partition coefficient (Wildman–Crippen LogP) is 3.43. The average Bonchev–Trinajstić information content (AvgIpc) is 3.58. The van der Waals surface area contributed by atoms with Gasteiger partial charge < -0.3 is 19.3 Å². The molecule has 0 bridgehead atoms. The zero-order valence-corrected chi connectivity index (χ0v) is 18.6. The summed E-state index contributed by atoms with van der Waals surface area (Å²) in [5.74, 6) is 0.585. The lowest BCUT2D eigenvalue weighted by Crippen LogP contribution is -2.39. The van der Waals surface area contributed by atoms with Crippen molar-refractivity contribution in [3.63, 3.8) is 0 Å². The van der Waals surface area contributed by atoms with Crippen LogP contribution in [0.3, 0.4) is 0 Å². The molecular weight excluding hydrogens is 411 g/mol. The van der Waals surface area contributed by atoms with Crippen LogP contribution in [0.1, 0.15) is 30.4 Å². The highest BCUT2D eigenvalue weighted by Crippen LogP contribution is 2.32. The van der Waals surface area contributed by atoms with Gasteiger partial charge in [0, 0.05) is 37.7 Å². The Morgan fingerprint density at radius 1 is 1.12 bits per heavy atom. The van der Waals surface area contributed by atoms with Gasteiger partial charge in [0.1, 0.15) is 5.82 Å². The van der Waals surface area contributed by atoms with E-state index < -0.39 is 0 Å². The fourth-order valence-corrected chi connectivity index (χ4v) is 4.27. The van der Waals surface area contributed by atoms with Crippen LogP contribution in [0.25, 0.3) is 0 Å². The van der Waals surface area contributed by atoms with E-state index in [0.29, 0.717) is 36.6 Å². The van der Waals surface area contributed by atoms with Gasteiger partial charge in [-0.05, 0) is 43.0 Å². The van der Waals surface area contributed by atoms with Gasteiger partial charge in [0.25, 0.3) is 0 Å². The highest BCUT2D eigenvalue weighted by atomic mass is 19.1. The van der Waals surface area contributed by atoms with Crippen molar-refractivity contribution in [1.29, 1.82) is 0 Å². The zero-order valence-electron chi connectivity index (χ0n) is 18.6. The number of carbonyl (C=O) groups excluding carboxylic acids is 2. The monoisotopic (exact) mass is 440 g/mol. The molecule has 32 heavy (non-hydrogen) atoms. The quantitative estimate of drug-likeness (QED) is 0.600. The van der Waals surface area contributed by atoms with Gasteiger partial charge >= 0.3 is 0 Å². The van der Waals surface area contributed by atoms with E-state index >= 15 is 0 Å². The predicted molar refractivity (Wildman–Crippen MR) is 118 cm³/mol. The van der Waals surface area contributed by atoms with Gasteiger partial charge in [-0.1, -0.05) is 24.3 Å². The van der Waals surface area contributed by atoms with Crippen LogP contribution < -0.4 is 9.47 Å². The summed E-state index contributed by atoms with van der Waals surface area (Å²) in [5, 5.41) is 0. The largest absolute Gasteiger partial charge is 0.493 e. The van der Waals surface area contributed by atoms with E-state index in [4.69, 9.17) is 9.47 Å². The molecule has 2 aromatic carbocycles. The minimum Gasteiger partial charge on any atom is -0.493 e. The van der Waals surface area contributed by atoms with Crippen LogP contribution in [-0.2, 0) is 22.6 Å². The molecule has 4 rings (SSSR count). The molecule has 6 nitrogen and oxygen atoms in total. The minimum absolute atomic E-state index is 0.00883. The van der Waals surface area contributed by atoms with Gasteiger partial charge in [0.2, 0.25) is 11.8 Å². The van der Waals surface area contributed by atoms with Crippen molar-refractivity contribution in [2.45, 2.75) is 38.3 Å². The summed E-state index contributed by atoms with van der Waals surface area (Å²) in [7, 11) is 3.18. The van der Waals surface area contributed by atoms with Crippen LogP contribution in [0.15, 0.2) is 42.5 Å². The van der Waals surface area contributed by atoms with Crippen LogP contribution in [-0.4, -0.2) is 55.0 Å². The van der Waals surface area contributed by atoms with Gasteiger partial charge in [0.15, 0.2) is 11.5 Å². The summed E-state index contributed by atoms with van der Waals surface area (Å²) in [6, 6.07) is 12.4. The molecule has 170 valence electrons. The van der Waals surface area contributed by atoms with Crippen molar-refractivity contribution in [3.8, 4) is 11.5 Å². The fourth-order valence-electron chi connectivity index (χ4n) is 4.27. The Labute approximate surface area is 187 Å². The number of amides is 2. The van der Waals surface area contributed by atoms with Crippen LogP contribution in [0.5, 0.6) is 11.5 Å². The smallest absolute Gasteiger partial charge is 0.228 e. The SMILES string of the molecule is COc1ccc(CCN2CC(C(=O)N(Cc3ccccc3F)C3CC3)CC2=O)cc1OC. The molecule has 1 aliphatic heterocycles. The molecule has 1 unspecified atom stereocenters. The molecule has 0 N–H and O–H groups in total. The number of hydrogen-bond acceptors (Lipinski definition) is 4. The van der Waals surface area contributed by atoms with Gasteiger partial charge in [-0.3, -0.25) is 9.59 Å². The van der Waals surface area contributed by atoms with Crippen molar-refractivity contribution in [1.82, 2.24) is 9.80 Å². The Morgan fingerprint density at radius 2 is 1.88 bits per heavy atom. The summed E-state index contributed by atoms with van der Waals surface area (Å²) in [6.45, 7) is 1.20. The Morgan fingerprint density at radius 3 is 2.56 bits per heavy atom. The number of carbonyl (C=O) groups is 2. The first-order valence-electron chi connectivity index (χ1n) is 11.0. The Kier molecular flexibility index (Phi) is 6.63. The molecule has 0 radical (unpaired) electrons. The molecule has 0 aromatic heterocycles. The lowest BCUT2D eigenvalue weighted by molar-refractivity contribution is -0.137. The van der Waals surface area contributed by atoms with Crippen molar-refractivity contribution >= 4 is 11.8 Å². The highest BCUT2D eigenvalue weighted by molar-refractivity contribution is 5.89. The molecular formula is C25H29FN2O4. The van der Waals surface area contributed by atoms with E-state index in [9.17, 15) is 14.0 Å². The minimum atomic E-state index is -0.375. The Hall–Kier alpha value is -3.09. The van der Waals surface area contributed by atoms with E-state index in [0.717, 1.165) is 18.4 Å². The fraction of sp³-hybridized carbons (Fsp3) is 0.440. The van der Waals surface area contributed by atoms with Crippen molar-refractivity contribution in [2.24, 2.45) is 5.92 Å². The topological polar surface area (TPSA) is 59.1 Å². The second-order valence-electron chi connectivity index (χ2n) is 8.47. The van der Waals surface area contributed by atoms with E-state index in [1.54, 1.807) is 42.2 Å². The number of rotatable bonds is 9. The molecule has 2 amide bonds. The van der Waals surface area contributed by atoms with Gasteiger partial charge in [0.05, 0.1) is 20.1 Å². The third kappa shape index (κ3) is 4.87. The zero-order chi connectivity index (χ0) is 22.7. The number of nitrogens with zero attached hydrogens (tertiary/aromatic N) is 2. The van der Waals surface area contributed by atoms with Crippen molar-refractivity contribution in [3.05, 3.63) is 59.4 Å². The summed E-state index contributed by atoms with van der Waals surface area (Å²) >= 11 is 0.